The molecule has 1 N–H and O–H groups in total. The van der Waals surface area contributed by atoms with Gasteiger partial charge in [0.2, 0.25) is 0 Å². The molecule has 0 heterocycles. The Balaban J connectivity index is 2.97. The number of hydrogen-bond donors (Lipinski definition) is 1. The van der Waals surface area contributed by atoms with Crippen LogP contribution in [0.1, 0.15) is 32.3 Å². The van der Waals surface area contributed by atoms with Gasteiger partial charge in [-0.3, -0.25) is 0 Å². The van der Waals surface area contributed by atoms with Crippen LogP contribution in [-0.2, 0) is 6.42 Å². The Morgan fingerprint density at radius 3 is 2.31 bits per heavy atom. The SMILES string of the molecule is CCC(CC)(CO)Cc1cc(F)ccc1F. The Hall–Kier alpha value is -0.960. The maximum Gasteiger partial charge on any atom is 0.126 e. The highest BCUT2D eigenvalue weighted by atomic mass is 19.1. The van der Waals surface area contributed by atoms with Crippen LogP contribution in [0.3, 0.4) is 0 Å². The van der Waals surface area contributed by atoms with Crippen LogP contribution in [0.4, 0.5) is 8.78 Å². The molecule has 0 fully saturated rings. The van der Waals surface area contributed by atoms with E-state index in [1.54, 1.807) is 0 Å². The van der Waals surface area contributed by atoms with Crippen LogP contribution in [-0.4, -0.2) is 11.7 Å². The Bertz CT molecular complexity index is 338. The summed E-state index contributed by atoms with van der Waals surface area (Å²) in [6, 6.07) is 3.46. The van der Waals surface area contributed by atoms with E-state index in [9.17, 15) is 13.9 Å². The van der Waals surface area contributed by atoms with Gasteiger partial charge >= 0.3 is 0 Å². The van der Waals surface area contributed by atoms with Gasteiger partial charge in [-0.15, -0.1) is 0 Å². The fourth-order valence-corrected chi connectivity index (χ4v) is 1.86. The van der Waals surface area contributed by atoms with Crippen molar-refractivity contribution in [3.63, 3.8) is 0 Å². The summed E-state index contributed by atoms with van der Waals surface area (Å²) in [6.45, 7) is 3.91. The molecule has 0 unspecified atom stereocenters. The van der Waals surface area contributed by atoms with Crippen molar-refractivity contribution in [1.29, 1.82) is 0 Å². The molecule has 0 aliphatic heterocycles. The number of hydrogen-bond acceptors (Lipinski definition) is 1. The molecule has 0 aromatic heterocycles. The highest BCUT2D eigenvalue weighted by molar-refractivity contribution is 5.20. The zero-order valence-corrected chi connectivity index (χ0v) is 9.76. The van der Waals surface area contributed by atoms with E-state index in [1.807, 2.05) is 13.8 Å². The first-order valence-corrected chi connectivity index (χ1v) is 5.61. The molecule has 0 radical (unpaired) electrons. The first-order chi connectivity index (χ1) is 7.56. The summed E-state index contributed by atoms with van der Waals surface area (Å²) in [6.07, 6.45) is 1.87. The van der Waals surface area contributed by atoms with Gasteiger partial charge in [0.15, 0.2) is 0 Å². The van der Waals surface area contributed by atoms with Gasteiger partial charge < -0.3 is 5.11 Å². The molecular formula is C13H18F2O. The van der Waals surface area contributed by atoms with Crippen molar-refractivity contribution in [1.82, 2.24) is 0 Å². The molecule has 0 spiro atoms. The molecule has 0 atom stereocenters. The molecule has 1 aromatic rings. The van der Waals surface area contributed by atoms with E-state index >= 15 is 0 Å². The number of rotatable bonds is 5. The summed E-state index contributed by atoms with van der Waals surface area (Å²) < 4.78 is 26.5. The van der Waals surface area contributed by atoms with Crippen LogP contribution in [0.25, 0.3) is 0 Å². The molecule has 16 heavy (non-hydrogen) atoms. The maximum atomic E-state index is 13.5. The number of halogens is 2. The largest absolute Gasteiger partial charge is 0.396 e. The molecule has 1 rings (SSSR count). The van der Waals surface area contributed by atoms with Crippen LogP contribution in [0.5, 0.6) is 0 Å². The van der Waals surface area contributed by atoms with E-state index in [0.717, 1.165) is 25.0 Å². The van der Waals surface area contributed by atoms with Gasteiger partial charge in [-0.1, -0.05) is 13.8 Å². The average Bonchev–Trinajstić information content (AvgIpc) is 2.31. The zero-order chi connectivity index (χ0) is 12.2. The van der Waals surface area contributed by atoms with E-state index in [4.69, 9.17) is 0 Å². The lowest BCUT2D eigenvalue weighted by Gasteiger charge is -2.29. The lowest BCUT2D eigenvalue weighted by atomic mass is 9.77. The van der Waals surface area contributed by atoms with E-state index in [1.165, 1.54) is 6.07 Å². The molecule has 90 valence electrons. The van der Waals surface area contributed by atoms with Gasteiger partial charge in [-0.05, 0) is 48.4 Å². The maximum absolute atomic E-state index is 13.5. The van der Waals surface area contributed by atoms with Gasteiger partial charge in [0.25, 0.3) is 0 Å². The van der Waals surface area contributed by atoms with Gasteiger partial charge in [0.05, 0.1) is 0 Å². The molecule has 1 nitrogen and oxygen atoms in total. The molecule has 0 saturated carbocycles. The molecule has 1 aromatic carbocycles. The second-order valence-corrected chi connectivity index (χ2v) is 4.28. The highest BCUT2D eigenvalue weighted by Gasteiger charge is 2.26. The third-order valence-corrected chi connectivity index (χ3v) is 3.41. The second-order valence-electron chi connectivity index (χ2n) is 4.28. The van der Waals surface area contributed by atoms with Crippen molar-refractivity contribution in [2.45, 2.75) is 33.1 Å². The Labute approximate surface area is 95.1 Å². The fourth-order valence-electron chi connectivity index (χ4n) is 1.86. The predicted molar refractivity (Wildman–Crippen MR) is 60.2 cm³/mol. The van der Waals surface area contributed by atoms with Crippen molar-refractivity contribution >= 4 is 0 Å². The number of aliphatic hydroxyl groups is 1. The standard InChI is InChI=1S/C13H18F2O/c1-3-13(4-2,9-16)8-10-7-11(14)5-6-12(10)15/h5-7,16H,3-4,8-9H2,1-2H3. The smallest absolute Gasteiger partial charge is 0.126 e. The number of aliphatic hydroxyl groups excluding tert-OH is 1. The van der Waals surface area contributed by atoms with Crippen molar-refractivity contribution in [2.75, 3.05) is 6.61 Å². The Morgan fingerprint density at radius 1 is 1.19 bits per heavy atom. The Morgan fingerprint density at radius 2 is 1.81 bits per heavy atom. The molecule has 0 bridgehead atoms. The van der Waals surface area contributed by atoms with Crippen LogP contribution >= 0.6 is 0 Å². The van der Waals surface area contributed by atoms with Crippen LogP contribution in [0, 0.1) is 17.0 Å². The third-order valence-electron chi connectivity index (χ3n) is 3.41. The van der Waals surface area contributed by atoms with E-state index < -0.39 is 11.6 Å². The van der Waals surface area contributed by atoms with E-state index in [0.29, 0.717) is 12.0 Å². The monoisotopic (exact) mass is 228 g/mol. The number of benzene rings is 1. The third kappa shape index (κ3) is 2.79. The van der Waals surface area contributed by atoms with Crippen molar-refractivity contribution in [2.24, 2.45) is 5.41 Å². The van der Waals surface area contributed by atoms with E-state index in [-0.39, 0.29) is 12.0 Å². The van der Waals surface area contributed by atoms with Crippen LogP contribution < -0.4 is 0 Å². The molecule has 0 saturated heterocycles. The first-order valence-electron chi connectivity index (χ1n) is 5.61. The summed E-state index contributed by atoms with van der Waals surface area (Å²) in [7, 11) is 0. The van der Waals surface area contributed by atoms with Crippen molar-refractivity contribution in [3.05, 3.63) is 35.4 Å². The Kier molecular flexibility index (Phi) is 4.42. The van der Waals surface area contributed by atoms with Crippen molar-refractivity contribution < 1.29 is 13.9 Å². The summed E-state index contributed by atoms with van der Waals surface area (Å²) >= 11 is 0. The minimum Gasteiger partial charge on any atom is -0.396 e. The van der Waals surface area contributed by atoms with Gasteiger partial charge in [0, 0.05) is 6.61 Å². The topological polar surface area (TPSA) is 20.2 Å². The van der Waals surface area contributed by atoms with Crippen LogP contribution in [0.2, 0.25) is 0 Å². The predicted octanol–water partition coefficient (Wildman–Crippen LogP) is 3.31. The van der Waals surface area contributed by atoms with Crippen molar-refractivity contribution in [3.8, 4) is 0 Å². The molecular weight excluding hydrogens is 210 g/mol. The minimum atomic E-state index is -0.435. The lowest BCUT2D eigenvalue weighted by molar-refractivity contribution is 0.114. The second kappa shape index (κ2) is 5.39. The summed E-state index contributed by atoms with van der Waals surface area (Å²) in [5.74, 6) is -0.837. The summed E-state index contributed by atoms with van der Waals surface area (Å²) in [4.78, 5) is 0. The van der Waals surface area contributed by atoms with Crippen LogP contribution in [0.15, 0.2) is 18.2 Å². The quantitative estimate of drug-likeness (QED) is 0.819. The molecule has 0 amide bonds. The van der Waals surface area contributed by atoms with Gasteiger partial charge in [0.1, 0.15) is 11.6 Å². The molecule has 0 aliphatic rings. The van der Waals surface area contributed by atoms with Gasteiger partial charge in [-0.2, -0.15) is 0 Å². The zero-order valence-electron chi connectivity index (χ0n) is 9.76. The summed E-state index contributed by atoms with van der Waals surface area (Å²) in [5.41, 5.74) is 0.00648. The van der Waals surface area contributed by atoms with Gasteiger partial charge in [-0.25, -0.2) is 8.78 Å². The lowest BCUT2D eigenvalue weighted by Crippen LogP contribution is -2.27. The normalized spacial score (nSPS) is 11.8. The highest BCUT2D eigenvalue weighted by Crippen LogP contribution is 2.31. The summed E-state index contributed by atoms with van der Waals surface area (Å²) in [5, 5.41) is 9.38. The average molecular weight is 228 g/mol. The minimum absolute atomic E-state index is 0.00401. The molecule has 0 aliphatic carbocycles. The molecule has 3 heteroatoms. The fraction of sp³-hybridized carbons (Fsp3) is 0.538. The first kappa shape index (κ1) is 13.1. The van der Waals surface area contributed by atoms with E-state index in [2.05, 4.69) is 0 Å².